The first-order valence-electron chi connectivity index (χ1n) is 9.79. The molecule has 0 aliphatic rings. The largest absolute Gasteiger partial charge is 0.489 e. The standard InChI is InChI=1S/C25H16BrNO4S/c26-21-12-17-10-11-27-22(23(17)32-21)20(25(29)30)13-19(24(27)28)16-6-8-18(9-7-16)31-14-15-4-2-1-3-5-15/h1-13H,14H2,(H,29,30). The van der Waals surface area contributed by atoms with E-state index in [0.717, 1.165) is 19.4 Å². The summed E-state index contributed by atoms with van der Waals surface area (Å²) in [5.74, 6) is -0.411. The SMILES string of the molecule is O=C(O)c1cc(-c2ccc(OCc3ccccc3)cc2)c(=O)n2ccc3cc(Br)sc3c12. The predicted molar refractivity (Wildman–Crippen MR) is 130 cm³/mol. The van der Waals surface area contributed by atoms with Crippen molar-refractivity contribution in [2.45, 2.75) is 6.61 Å². The van der Waals surface area contributed by atoms with Crippen LogP contribution in [0.1, 0.15) is 15.9 Å². The van der Waals surface area contributed by atoms with Crippen LogP contribution < -0.4 is 10.3 Å². The van der Waals surface area contributed by atoms with Gasteiger partial charge in [0.15, 0.2) is 0 Å². The summed E-state index contributed by atoms with van der Waals surface area (Å²) in [6.45, 7) is 0.439. The second-order valence-electron chi connectivity index (χ2n) is 7.25. The molecule has 0 saturated heterocycles. The molecule has 32 heavy (non-hydrogen) atoms. The maximum atomic E-state index is 13.3. The molecule has 158 valence electrons. The van der Waals surface area contributed by atoms with Gasteiger partial charge in [-0.1, -0.05) is 42.5 Å². The highest BCUT2D eigenvalue weighted by molar-refractivity contribution is 9.11. The lowest BCUT2D eigenvalue weighted by atomic mass is 10.0. The zero-order valence-electron chi connectivity index (χ0n) is 16.6. The van der Waals surface area contributed by atoms with Crippen molar-refractivity contribution in [1.29, 1.82) is 0 Å². The lowest BCUT2D eigenvalue weighted by molar-refractivity contribution is 0.0698. The van der Waals surface area contributed by atoms with Gasteiger partial charge in [-0.05, 0) is 62.8 Å². The second-order valence-corrected chi connectivity index (χ2v) is 9.68. The van der Waals surface area contributed by atoms with E-state index in [0.29, 0.717) is 29.0 Å². The fraction of sp³-hybridized carbons (Fsp3) is 0.0400. The minimum atomic E-state index is -1.08. The van der Waals surface area contributed by atoms with Gasteiger partial charge in [-0.15, -0.1) is 11.3 Å². The molecule has 2 aromatic carbocycles. The van der Waals surface area contributed by atoms with E-state index in [1.54, 1.807) is 30.5 Å². The summed E-state index contributed by atoms with van der Waals surface area (Å²) in [5.41, 5.74) is 2.23. The molecule has 7 heteroatoms. The number of ether oxygens (including phenoxy) is 1. The number of aromatic nitrogens is 1. The molecule has 0 saturated carbocycles. The van der Waals surface area contributed by atoms with Gasteiger partial charge in [-0.3, -0.25) is 9.20 Å². The first-order valence-corrected chi connectivity index (χ1v) is 11.4. The first-order chi connectivity index (χ1) is 15.5. The van der Waals surface area contributed by atoms with Gasteiger partial charge in [0.05, 0.1) is 19.6 Å². The molecule has 0 spiro atoms. The van der Waals surface area contributed by atoms with Crippen LogP contribution in [0.15, 0.2) is 87.6 Å². The second kappa shape index (κ2) is 8.26. The van der Waals surface area contributed by atoms with Crippen LogP contribution in [0, 0.1) is 0 Å². The van der Waals surface area contributed by atoms with Crippen LogP contribution in [0.4, 0.5) is 0 Å². The van der Waals surface area contributed by atoms with Crippen molar-refractivity contribution in [2.24, 2.45) is 0 Å². The summed E-state index contributed by atoms with van der Waals surface area (Å²) in [6.07, 6.45) is 1.63. The van der Waals surface area contributed by atoms with Crippen molar-refractivity contribution < 1.29 is 14.6 Å². The summed E-state index contributed by atoms with van der Waals surface area (Å²) in [5, 5.41) is 10.8. The number of carboxylic acid groups (broad SMARTS) is 1. The highest BCUT2D eigenvalue weighted by Crippen LogP contribution is 2.34. The van der Waals surface area contributed by atoms with E-state index in [1.165, 1.54) is 21.8 Å². The Hall–Kier alpha value is -3.42. The van der Waals surface area contributed by atoms with Crippen molar-refractivity contribution in [3.8, 4) is 16.9 Å². The number of nitrogens with zero attached hydrogens (tertiary/aromatic N) is 1. The smallest absolute Gasteiger partial charge is 0.337 e. The summed E-state index contributed by atoms with van der Waals surface area (Å²) in [7, 11) is 0. The number of aromatic carboxylic acids is 1. The van der Waals surface area contributed by atoms with Gasteiger partial charge < -0.3 is 9.84 Å². The molecule has 0 unspecified atom stereocenters. The van der Waals surface area contributed by atoms with E-state index < -0.39 is 5.97 Å². The Kier molecular flexibility index (Phi) is 5.28. The number of halogens is 1. The molecule has 0 atom stereocenters. The first kappa shape index (κ1) is 20.5. The van der Waals surface area contributed by atoms with Crippen molar-refractivity contribution in [1.82, 2.24) is 4.40 Å². The molecule has 3 aromatic heterocycles. The molecule has 0 aliphatic carbocycles. The molecule has 0 bridgehead atoms. The average molecular weight is 506 g/mol. The number of carboxylic acids is 1. The Labute approximate surface area is 195 Å². The lowest BCUT2D eigenvalue weighted by Gasteiger charge is -2.11. The highest BCUT2D eigenvalue weighted by Gasteiger charge is 2.19. The number of rotatable bonds is 5. The number of pyridine rings is 2. The van der Waals surface area contributed by atoms with Gasteiger partial charge in [0.1, 0.15) is 12.4 Å². The molecule has 5 nitrogen and oxygen atoms in total. The van der Waals surface area contributed by atoms with Crippen LogP contribution in [0.2, 0.25) is 0 Å². The van der Waals surface area contributed by atoms with Crippen LogP contribution >= 0.6 is 27.3 Å². The monoisotopic (exact) mass is 505 g/mol. The number of benzene rings is 2. The van der Waals surface area contributed by atoms with E-state index in [4.69, 9.17) is 4.74 Å². The molecule has 0 radical (unpaired) electrons. The third kappa shape index (κ3) is 3.70. The molecule has 5 rings (SSSR count). The molecule has 0 fully saturated rings. The van der Waals surface area contributed by atoms with Gasteiger partial charge in [0.25, 0.3) is 5.56 Å². The van der Waals surface area contributed by atoms with Crippen molar-refractivity contribution in [2.75, 3.05) is 0 Å². The zero-order valence-corrected chi connectivity index (χ0v) is 19.0. The maximum Gasteiger partial charge on any atom is 0.337 e. The number of carbonyl (C=O) groups is 1. The third-order valence-electron chi connectivity index (χ3n) is 5.23. The van der Waals surface area contributed by atoms with Crippen molar-refractivity contribution in [3.63, 3.8) is 0 Å². The van der Waals surface area contributed by atoms with Crippen LogP contribution in [0.25, 0.3) is 26.7 Å². The quantitative estimate of drug-likeness (QED) is 0.307. The molecule has 1 N–H and O–H groups in total. The summed E-state index contributed by atoms with van der Waals surface area (Å²) in [6, 6.07) is 22.2. The highest BCUT2D eigenvalue weighted by atomic mass is 79.9. The molecule has 3 heterocycles. The number of fused-ring (bicyclic) bond motifs is 3. The van der Waals surface area contributed by atoms with Crippen molar-refractivity contribution >= 4 is 48.8 Å². The van der Waals surface area contributed by atoms with E-state index in [1.807, 2.05) is 42.5 Å². The minimum absolute atomic E-state index is 0.0870. The van der Waals surface area contributed by atoms with Crippen LogP contribution in [-0.4, -0.2) is 15.5 Å². The van der Waals surface area contributed by atoms with E-state index >= 15 is 0 Å². The Balaban J connectivity index is 1.57. The molecule has 0 amide bonds. The Bertz CT molecular complexity index is 1520. The minimum Gasteiger partial charge on any atom is -0.489 e. The van der Waals surface area contributed by atoms with E-state index in [-0.39, 0.29) is 11.1 Å². The van der Waals surface area contributed by atoms with Gasteiger partial charge in [0.2, 0.25) is 0 Å². The summed E-state index contributed by atoms with van der Waals surface area (Å²) < 4.78 is 8.87. The number of hydrogen-bond acceptors (Lipinski definition) is 4. The maximum absolute atomic E-state index is 13.3. The Morgan fingerprint density at radius 2 is 1.78 bits per heavy atom. The lowest BCUT2D eigenvalue weighted by Crippen LogP contribution is -2.18. The average Bonchev–Trinajstić information content (AvgIpc) is 3.19. The van der Waals surface area contributed by atoms with Gasteiger partial charge in [-0.2, -0.15) is 0 Å². The van der Waals surface area contributed by atoms with Crippen LogP contribution in [-0.2, 0) is 6.61 Å². The fourth-order valence-electron chi connectivity index (χ4n) is 3.69. The predicted octanol–water partition coefficient (Wildman–Crippen LogP) is 6.22. The van der Waals surface area contributed by atoms with Crippen LogP contribution in [0.3, 0.4) is 0 Å². The summed E-state index contributed by atoms with van der Waals surface area (Å²) >= 11 is 4.85. The molecular formula is C25H16BrNO4S. The van der Waals surface area contributed by atoms with E-state index in [2.05, 4.69) is 15.9 Å². The van der Waals surface area contributed by atoms with Gasteiger partial charge >= 0.3 is 5.97 Å². The molecular weight excluding hydrogens is 490 g/mol. The van der Waals surface area contributed by atoms with Crippen LogP contribution in [0.5, 0.6) is 5.75 Å². The third-order valence-corrected chi connectivity index (χ3v) is 6.89. The number of thiophene rings is 1. The Morgan fingerprint density at radius 3 is 2.50 bits per heavy atom. The van der Waals surface area contributed by atoms with Crippen molar-refractivity contribution in [3.05, 3.63) is 104 Å². The van der Waals surface area contributed by atoms with Gasteiger partial charge in [0, 0.05) is 11.8 Å². The Morgan fingerprint density at radius 1 is 1.03 bits per heavy atom. The van der Waals surface area contributed by atoms with Gasteiger partial charge in [-0.25, -0.2) is 4.79 Å². The number of hydrogen-bond donors (Lipinski definition) is 1. The topological polar surface area (TPSA) is 68.0 Å². The summed E-state index contributed by atoms with van der Waals surface area (Å²) in [4.78, 5) is 25.4. The zero-order chi connectivity index (χ0) is 22.2. The fourth-order valence-corrected chi connectivity index (χ4v) is 5.35. The normalized spacial score (nSPS) is 11.2. The molecule has 5 aromatic rings. The van der Waals surface area contributed by atoms with E-state index in [9.17, 15) is 14.7 Å². The molecule has 0 aliphatic heterocycles.